The summed E-state index contributed by atoms with van der Waals surface area (Å²) in [5.41, 5.74) is 6.13. The van der Waals surface area contributed by atoms with Crippen LogP contribution < -0.4 is 11.1 Å². The number of amides is 1. The molecule has 7 heteroatoms. The van der Waals surface area contributed by atoms with Crippen LogP contribution in [-0.4, -0.2) is 15.9 Å². The van der Waals surface area contributed by atoms with Crippen LogP contribution in [0.2, 0.25) is 5.15 Å². The quantitative estimate of drug-likeness (QED) is 0.819. The van der Waals surface area contributed by atoms with Gasteiger partial charge in [0.15, 0.2) is 5.13 Å². The summed E-state index contributed by atoms with van der Waals surface area (Å²) < 4.78 is 0. The van der Waals surface area contributed by atoms with Crippen LogP contribution in [0.25, 0.3) is 0 Å². The molecule has 0 radical (unpaired) electrons. The van der Waals surface area contributed by atoms with Gasteiger partial charge in [0.25, 0.3) is 5.91 Å². The van der Waals surface area contributed by atoms with Gasteiger partial charge in [-0.25, -0.2) is 9.97 Å². The lowest BCUT2D eigenvalue weighted by atomic mass is 10.3. The third-order valence-corrected chi connectivity index (χ3v) is 3.17. The monoisotopic (exact) mass is 268 g/mol. The van der Waals surface area contributed by atoms with Gasteiger partial charge in [0, 0.05) is 0 Å². The van der Waals surface area contributed by atoms with E-state index in [0.29, 0.717) is 26.7 Å². The van der Waals surface area contributed by atoms with Crippen LogP contribution in [0.3, 0.4) is 0 Å². The molecule has 0 aromatic carbocycles. The Bertz CT molecular complexity index is 569. The van der Waals surface area contributed by atoms with Crippen molar-refractivity contribution in [3.8, 4) is 0 Å². The lowest BCUT2D eigenvalue weighted by Crippen LogP contribution is -2.12. The Balaban J connectivity index is 2.20. The van der Waals surface area contributed by atoms with Crippen LogP contribution in [0.4, 0.5) is 10.9 Å². The predicted octanol–water partition coefficient (Wildman–Crippen LogP) is 2.33. The lowest BCUT2D eigenvalue weighted by molar-refractivity contribution is 0.102. The summed E-state index contributed by atoms with van der Waals surface area (Å²) in [6, 6.07) is 5.00. The molecule has 17 heavy (non-hydrogen) atoms. The zero-order valence-electron chi connectivity index (χ0n) is 8.90. The number of anilines is 2. The molecule has 5 nitrogen and oxygen atoms in total. The zero-order valence-corrected chi connectivity index (χ0v) is 10.5. The molecule has 0 aliphatic rings. The van der Waals surface area contributed by atoms with Crippen molar-refractivity contribution in [2.75, 3.05) is 11.1 Å². The number of nitrogens with one attached hydrogen (secondary N) is 1. The molecule has 0 aliphatic carbocycles. The second-order valence-corrected chi connectivity index (χ2v) is 4.68. The number of pyridine rings is 1. The summed E-state index contributed by atoms with van der Waals surface area (Å²) in [7, 11) is 0. The van der Waals surface area contributed by atoms with Crippen molar-refractivity contribution in [3.05, 3.63) is 33.9 Å². The number of nitrogens with two attached hydrogens (primary N) is 1. The van der Waals surface area contributed by atoms with Gasteiger partial charge in [-0.3, -0.25) is 4.79 Å². The summed E-state index contributed by atoms with van der Waals surface area (Å²) in [4.78, 5) is 20.3. The number of thiazole rings is 1. The molecule has 0 saturated heterocycles. The van der Waals surface area contributed by atoms with E-state index in [2.05, 4.69) is 15.3 Å². The van der Waals surface area contributed by atoms with E-state index in [1.54, 1.807) is 25.1 Å². The molecular formula is C10H9ClN4OS. The van der Waals surface area contributed by atoms with Crippen molar-refractivity contribution < 1.29 is 4.79 Å². The average molecular weight is 269 g/mol. The van der Waals surface area contributed by atoms with E-state index >= 15 is 0 Å². The molecule has 3 N–H and O–H groups in total. The SMILES string of the molecule is Cc1nc(N)sc1C(=O)Nc1cccc(Cl)n1. The van der Waals surface area contributed by atoms with Crippen LogP contribution in [0, 0.1) is 6.92 Å². The van der Waals surface area contributed by atoms with Crippen LogP contribution in [0.15, 0.2) is 18.2 Å². The number of rotatable bonds is 2. The number of carbonyl (C=O) groups excluding carboxylic acids is 1. The molecule has 0 unspecified atom stereocenters. The highest BCUT2D eigenvalue weighted by Gasteiger charge is 2.14. The minimum absolute atomic E-state index is 0.286. The van der Waals surface area contributed by atoms with E-state index in [0.717, 1.165) is 11.3 Å². The first kappa shape index (κ1) is 11.8. The van der Waals surface area contributed by atoms with Gasteiger partial charge in [-0.15, -0.1) is 0 Å². The minimum Gasteiger partial charge on any atom is -0.375 e. The Morgan fingerprint density at radius 1 is 1.47 bits per heavy atom. The summed E-state index contributed by atoms with van der Waals surface area (Å²) >= 11 is 6.86. The lowest BCUT2D eigenvalue weighted by Gasteiger charge is -2.02. The van der Waals surface area contributed by atoms with E-state index in [-0.39, 0.29) is 5.91 Å². The van der Waals surface area contributed by atoms with E-state index in [1.165, 1.54) is 0 Å². The van der Waals surface area contributed by atoms with Crippen LogP contribution >= 0.6 is 22.9 Å². The zero-order chi connectivity index (χ0) is 12.4. The molecule has 0 fully saturated rings. The molecule has 0 atom stereocenters. The Kier molecular flexibility index (Phi) is 3.26. The molecule has 0 aliphatic heterocycles. The van der Waals surface area contributed by atoms with Gasteiger partial charge in [0.05, 0.1) is 5.69 Å². The van der Waals surface area contributed by atoms with Crippen LogP contribution in [0.1, 0.15) is 15.4 Å². The molecular weight excluding hydrogens is 260 g/mol. The topological polar surface area (TPSA) is 80.9 Å². The molecule has 1 amide bonds. The Hall–Kier alpha value is -1.66. The maximum atomic E-state index is 11.9. The largest absolute Gasteiger partial charge is 0.375 e. The third-order valence-electron chi connectivity index (χ3n) is 1.98. The normalized spacial score (nSPS) is 10.2. The highest BCUT2D eigenvalue weighted by Crippen LogP contribution is 2.21. The van der Waals surface area contributed by atoms with Crippen molar-refractivity contribution in [2.45, 2.75) is 6.92 Å². The molecule has 2 aromatic rings. The first-order valence-corrected chi connectivity index (χ1v) is 5.92. The molecule has 0 spiro atoms. The Morgan fingerprint density at radius 3 is 2.82 bits per heavy atom. The van der Waals surface area contributed by atoms with Crippen molar-refractivity contribution in [3.63, 3.8) is 0 Å². The van der Waals surface area contributed by atoms with E-state index < -0.39 is 0 Å². The second kappa shape index (κ2) is 4.68. The molecule has 2 aromatic heterocycles. The number of aromatic nitrogens is 2. The maximum Gasteiger partial charge on any atom is 0.268 e. The third kappa shape index (κ3) is 2.72. The van der Waals surface area contributed by atoms with E-state index in [1.807, 2.05) is 0 Å². The second-order valence-electron chi connectivity index (χ2n) is 3.27. The number of nitrogens with zero attached hydrogens (tertiary/aromatic N) is 2. The molecule has 88 valence electrons. The number of aryl methyl sites for hydroxylation is 1. The molecule has 0 bridgehead atoms. The fourth-order valence-corrected chi connectivity index (χ4v) is 2.17. The summed E-state index contributed by atoms with van der Waals surface area (Å²) in [6.45, 7) is 1.73. The highest BCUT2D eigenvalue weighted by molar-refractivity contribution is 7.17. The van der Waals surface area contributed by atoms with Crippen molar-refractivity contribution in [2.24, 2.45) is 0 Å². The van der Waals surface area contributed by atoms with Gasteiger partial charge in [-0.1, -0.05) is 29.0 Å². The number of carbonyl (C=O) groups is 1. The fraction of sp³-hybridized carbons (Fsp3) is 0.100. The Labute approximate surface area is 107 Å². The van der Waals surface area contributed by atoms with Crippen molar-refractivity contribution in [1.29, 1.82) is 0 Å². The highest BCUT2D eigenvalue weighted by atomic mass is 35.5. The first-order chi connectivity index (χ1) is 8.06. The van der Waals surface area contributed by atoms with Gasteiger partial charge in [0.1, 0.15) is 15.8 Å². The van der Waals surface area contributed by atoms with Crippen LogP contribution in [-0.2, 0) is 0 Å². The summed E-state index contributed by atoms with van der Waals surface area (Å²) in [5, 5.41) is 3.32. The summed E-state index contributed by atoms with van der Waals surface area (Å²) in [5.74, 6) is 0.111. The average Bonchev–Trinajstić information content (AvgIpc) is 2.58. The number of halogens is 1. The van der Waals surface area contributed by atoms with E-state index in [4.69, 9.17) is 17.3 Å². The van der Waals surface area contributed by atoms with Gasteiger partial charge < -0.3 is 11.1 Å². The number of hydrogen-bond acceptors (Lipinski definition) is 5. The molecule has 2 rings (SSSR count). The molecule has 0 saturated carbocycles. The Morgan fingerprint density at radius 2 is 2.24 bits per heavy atom. The molecule has 2 heterocycles. The van der Waals surface area contributed by atoms with Gasteiger partial charge in [-0.2, -0.15) is 0 Å². The predicted molar refractivity (Wildman–Crippen MR) is 68.5 cm³/mol. The van der Waals surface area contributed by atoms with Crippen LogP contribution in [0.5, 0.6) is 0 Å². The first-order valence-electron chi connectivity index (χ1n) is 4.73. The standard InChI is InChI=1S/C10H9ClN4OS/c1-5-8(17-10(12)13-5)9(16)15-7-4-2-3-6(11)14-7/h2-4H,1H3,(H2,12,13)(H,14,15,16). The number of nitrogen functional groups attached to an aromatic ring is 1. The maximum absolute atomic E-state index is 11.9. The smallest absolute Gasteiger partial charge is 0.268 e. The summed E-state index contributed by atoms with van der Waals surface area (Å²) in [6.07, 6.45) is 0. The minimum atomic E-state index is -0.286. The van der Waals surface area contributed by atoms with Gasteiger partial charge in [-0.05, 0) is 19.1 Å². The fourth-order valence-electron chi connectivity index (χ4n) is 1.28. The van der Waals surface area contributed by atoms with Crippen molar-refractivity contribution >= 4 is 39.8 Å². The van der Waals surface area contributed by atoms with E-state index in [9.17, 15) is 4.79 Å². The van der Waals surface area contributed by atoms with Crippen molar-refractivity contribution in [1.82, 2.24) is 9.97 Å². The van der Waals surface area contributed by atoms with Gasteiger partial charge in [0.2, 0.25) is 0 Å². The number of hydrogen-bond donors (Lipinski definition) is 2. The van der Waals surface area contributed by atoms with Gasteiger partial charge >= 0.3 is 0 Å².